The van der Waals surface area contributed by atoms with Gasteiger partial charge in [-0.1, -0.05) is 0 Å². The highest BCUT2D eigenvalue weighted by Gasteiger charge is 2.17. The molecule has 0 aromatic heterocycles. The lowest BCUT2D eigenvalue weighted by atomic mass is 10.2. The van der Waals surface area contributed by atoms with Crippen molar-refractivity contribution in [1.29, 1.82) is 0 Å². The van der Waals surface area contributed by atoms with Gasteiger partial charge in [-0.15, -0.1) is 0 Å². The van der Waals surface area contributed by atoms with Gasteiger partial charge < -0.3 is 24.3 Å². The van der Waals surface area contributed by atoms with Crippen LogP contribution in [0.3, 0.4) is 0 Å². The van der Waals surface area contributed by atoms with Gasteiger partial charge in [0.1, 0.15) is 5.75 Å². The van der Waals surface area contributed by atoms with Crippen LogP contribution in [0.15, 0.2) is 42.5 Å². The number of carbonyl (C=O) groups excluding carboxylic acids is 3. The highest BCUT2D eigenvalue weighted by atomic mass is 19.3. The van der Waals surface area contributed by atoms with E-state index >= 15 is 0 Å². The molecule has 160 valence electrons. The largest absolute Gasteiger partial charge is 0.497 e. The molecule has 0 saturated heterocycles. The molecule has 0 aliphatic heterocycles. The van der Waals surface area contributed by atoms with Crippen LogP contribution in [0.5, 0.6) is 17.2 Å². The maximum Gasteiger partial charge on any atom is 0.387 e. The summed E-state index contributed by atoms with van der Waals surface area (Å²) >= 11 is 0. The van der Waals surface area contributed by atoms with Crippen LogP contribution < -0.4 is 24.8 Å². The van der Waals surface area contributed by atoms with Gasteiger partial charge in [0.2, 0.25) is 0 Å². The number of alkyl halides is 2. The number of urea groups is 1. The molecule has 2 aromatic carbocycles. The number of anilines is 1. The maximum absolute atomic E-state index is 12.3. The fourth-order valence-corrected chi connectivity index (χ4v) is 2.20. The summed E-state index contributed by atoms with van der Waals surface area (Å²) in [6.45, 7) is -3.81. The van der Waals surface area contributed by atoms with Crippen molar-refractivity contribution < 1.29 is 42.1 Å². The highest BCUT2D eigenvalue weighted by molar-refractivity contribution is 6.02. The first-order valence-corrected chi connectivity index (χ1v) is 8.37. The van der Waals surface area contributed by atoms with Crippen LogP contribution in [0.1, 0.15) is 10.4 Å². The Bertz CT molecular complexity index is 904. The molecular weight excluding hydrogens is 406 g/mol. The fourth-order valence-electron chi connectivity index (χ4n) is 2.20. The van der Waals surface area contributed by atoms with Crippen LogP contribution in [0.25, 0.3) is 0 Å². The summed E-state index contributed by atoms with van der Waals surface area (Å²) in [7, 11) is 2.70. The van der Waals surface area contributed by atoms with E-state index < -0.39 is 31.1 Å². The first-order chi connectivity index (χ1) is 14.3. The molecule has 30 heavy (non-hydrogen) atoms. The minimum Gasteiger partial charge on any atom is -0.497 e. The molecule has 2 aromatic rings. The number of amides is 3. The van der Waals surface area contributed by atoms with E-state index in [1.165, 1.54) is 14.2 Å². The summed E-state index contributed by atoms with van der Waals surface area (Å²) < 4.78 is 43.6. The lowest BCUT2D eigenvalue weighted by molar-refractivity contribution is -0.123. The Labute approximate surface area is 169 Å². The Morgan fingerprint density at radius 2 is 1.67 bits per heavy atom. The lowest BCUT2D eigenvalue weighted by Gasteiger charge is -2.11. The van der Waals surface area contributed by atoms with Crippen LogP contribution in [-0.2, 0) is 9.53 Å². The van der Waals surface area contributed by atoms with Gasteiger partial charge >= 0.3 is 18.6 Å². The number of hydrogen-bond acceptors (Lipinski definition) is 7. The average Bonchev–Trinajstić information content (AvgIpc) is 2.72. The van der Waals surface area contributed by atoms with Crippen LogP contribution in [0.4, 0.5) is 19.3 Å². The van der Waals surface area contributed by atoms with Gasteiger partial charge in [0.05, 0.1) is 19.8 Å². The monoisotopic (exact) mass is 424 g/mol. The molecule has 0 bridgehead atoms. The zero-order valence-corrected chi connectivity index (χ0v) is 15.9. The Hall–Kier alpha value is -3.89. The molecule has 9 nitrogen and oxygen atoms in total. The smallest absolute Gasteiger partial charge is 0.387 e. The number of esters is 1. The molecular formula is C19H18F2N2O7. The summed E-state index contributed by atoms with van der Waals surface area (Å²) in [5, 5.41) is 4.41. The molecule has 3 amide bonds. The minimum atomic E-state index is -3.07. The van der Waals surface area contributed by atoms with Crippen LogP contribution >= 0.6 is 0 Å². The average molecular weight is 424 g/mol. The molecule has 0 saturated carbocycles. The topological polar surface area (TPSA) is 112 Å². The van der Waals surface area contributed by atoms with Crippen molar-refractivity contribution in [3.8, 4) is 17.2 Å². The van der Waals surface area contributed by atoms with Gasteiger partial charge in [-0.3, -0.25) is 10.1 Å². The van der Waals surface area contributed by atoms with Crippen molar-refractivity contribution in [3.05, 3.63) is 48.0 Å². The summed E-state index contributed by atoms with van der Waals surface area (Å²) in [6, 6.07) is 8.93. The number of rotatable bonds is 8. The lowest BCUT2D eigenvalue weighted by Crippen LogP contribution is -2.37. The molecule has 0 atom stereocenters. The van der Waals surface area contributed by atoms with E-state index in [-0.39, 0.29) is 17.1 Å². The van der Waals surface area contributed by atoms with Crippen molar-refractivity contribution in [2.75, 3.05) is 26.1 Å². The van der Waals surface area contributed by atoms with Gasteiger partial charge in [-0.25, -0.2) is 9.59 Å². The third-order valence-corrected chi connectivity index (χ3v) is 3.55. The van der Waals surface area contributed by atoms with Crippen molar-refractivity contribution in [2.24, 2.45) is 0 Å². The molecule has 0 spiro atoms. The van der Waals surface area contributed by atoms with Crippen molar-refractivity contribution >= 4 is 23.6 Å². The standard InChI is InChI=1S/C19H18F2N2O7/c1-27-13-6-4-12(5-7-13)22-19(26)23-16(24)10-29-17(25)11-3-8-14(30-18(20)21)15(9-11)28-2/h3-9,18H,10H2,1-2H3,(H2,22,23,24,26). The molecule has 0 heterocycles. The second-order valence-electron chi connectivity index (χ2n) is 5.55. The Kier molecular flexibility index (Phi) is 7.91. The van der Waals surface area contributed by atoms with Gasteiger partial charge in [0.15, 0.2) is 18.1 Å². The van der Waals surface area contributed by atoms with E-state index in [0.29, 0.717) is 11.4 Å². The maximum atomic E-state index is 12.3. The molecule has 0 aliphatic carbocycles. The molecule has 11 heteroatoms. The Balaban J connectivity index is 1.86. The quantitative estimate of drug-likeness (QED) is 0.627. The highest BCUT2D eigenvalue weighted by Crippen LogP contribution is 2.29. The van der Waals surface area contributed by atoms with E-state index in [1.54, 1.807) is 24.3 Å². The number of imide groups is 1. The summed E-state index contributed by atoms with van der Waals surface area (Å²) in [6.07, 6.45) is 0. The predicted molar refractivity (Wildman–Crippen MR) is 100 cm³/mol. The first kappa shape index (κ1) is 22.4. The van der Waals surface area contributed by atoms with Gasteiger partial charge in [0.25, 0.3) is 5.91 Å². The number of carbonyl (C=O) groups is 3. The van der Waals surface area contributed by atoms with Gasteiger partial charge in [0, 0.05) is 5.69 Å². The first-order valence-electron chi connectivity index (χ1n) is 8.37. The molecule has 0 radical (unpaired) electrons. The van der Waals surface area contributed by atoms with E-state index in [9.17, 15) is 23.2 Å². The third kappa shape index (κ3) is 6.62. The summed E-state index contributed by atoms with van der Waals surface area (Å²) in [5.74, 6) is -1.60. The van der Waals surface area contributed by atoms with E-state index in [2.05, 4.69) is 10.1 Å². The van der Waals surface area contributed by atoms with E-state index in [4.69, 9.17) is 14.2 Å². The molecule has 2 rings (SSSR count). The normalized spacial score (nSPS) is 10.2. The SMILES string of the molecule is COc1ccc(NC(=O)NC(=O)COC(=O)c2ccc(OC(F)F)c(OC)c2)cc1. The number of methoxy groups -OCH3 is 2. The second-order valence-corrected chi connectivity index (χ2v) is 5.55. The minimum absolute atomic E-state index is 0.0658. The third-order valence-electron chi connectivity index (χ3n) is 3.55. The zero-order valence-electron chi connectivity index (χ0n) is 15.9. The number of halogens is 2. The summed E-state index contributed by atoms with van der Waals surface area (Å²) in [4.78, 5) is 35.6. The molecule has 0 unspecified atom stereocenters. The zero-order chi connectivity index (χ0) is 22.1. The van der Waals surface area contributed by atoms with Crippen molar-refractivity contribution in [3.63, 3.8) is 0 Å². The summed E-state index contributed by atoms with van der Waals surface area (Å²) in [5.41, 5.74) is 0.347. The number of hydrogen-bond donors (Lipinski definition) is 2. The van der Waals surface area contributed by atoms with Crippen molar-refractivity contribution in [1.82, 2.24) is 5.32 Å². The van der Waals surface area contributed by atoms with Crippen LogP contribution in [0, 0.1) is 0 Å². The number of ether oxygens (including phenoxy) is 4. The predicted octanol–water partition coefficient (Wildman–Crippen LogP) is 2.81. The van der Waals surface area contributed by atoms with E-state index in [1.807, 2.05) is 5.32 Å². The van der Waals surface area contributed by atoms with Crippen molar-refractivity contribution in [2.45, 2.75) is 6.61 Å². The molecule has 0 fully saturated rings. The number of benzene rings is 2. The Morgan fingerprint density at radius 1 is 0.967 bits per heavy atom. The van der Waals surface area contributed by atoms with E-state index in [0.717, 1.165) is 18.2 Å². The fraction of sp³-hybridized carbons (Fsp3) is 0.211. The Morgan fingerprint density at radius 3 is 2.27 bits per heavy atom. The van der Waals surface area contributed by atoms with Gasteiger partial charge in [-0.05, 0) is 42.5 Å². The molecule has 0 aliphatic rings. The van der Waals surface area contributed by atoms with Crippen LogP contribution in [-0.4, -0.2) is 45.3 Å². The van der Waals surface area contributed by atoms with Crippen LogP contribution in [0.2, 0.25) is 0 Å². The second kappa shape index (κ2) is 10.6. The molecule has 2 N–H and O–H groups in total. The number of nitrogens with one attached hydrogen (secondary N) is 2. The van der Waals surface area contributed by atoms with Gasteiger partial charge in [-0.2, -0.15) is 8.78 Å².